The summed E-state index contributed by atoms with van der Waals surface area (Å²) in [4.78, 5) is 2.28. The standard InChI is InChI=1S/C13H20N2O3.ClH/c1-17-13-3-2-10(6-12(13)16)8-15-4-5-18-11(7-14)9-15;/h2-3,6,11,16H,4-5,7-9,14H2,1H3;1H. The lowest BCUT2D eigenvalue weighted by Gasteiger charge is -2.32. The molecule has 3 N–H and O–H groups in total. The van der Waals surface area contributed by atoms with Gasteiger partial charge in [0.25, 0.3) is 0 Å². The molecule has 1 aromatic carbocycles. The first kappa shape index (κ1) is 16.0. The number of morpholine rings is 1. The molecule has 1 atom stereocenters. The molecule has 19 heavy (non-hydrogen) atoms. The van der Waals surface area contributed by atoms with Gasteiger partial charge in [-0.25, -0.2) is 0 Å². The number of rotatable bonds is 4. The van der Waals surface area contributed by atoms with Gasteiger partial charge in [-0.15, -0.1) is 12.4 Å². The first-order valence-electron chi connectivity index (χ1n) is 6.13. The summed E-state index contributed by atoms with van der Waals surface area (Å²) in [6, 6.07) is 5.49. The summed E-state index contributed by atoms with van der Waals surface area (Å²) in [6.45, 7) is 3.78. The fourth-order valence-electron chi connectivity index (χ4n) is 2.16. The zero-order chi connectivity index (χ0) is 13.0. The van der Waals surface area contributed by atoms with Gasteiger partial charge in [0.2, 0.25) is 0 Å². The van der Waals surface area contributed by atoms with E-state index in [4.69, 9.17) is 15.2 Å². The molecule has 1 aliphatic heterocycles. The van der Waals surface area contributed by atoms with Gasteiger partial charge < -0.3 is 20.3 Å². The first-order chi connectivity index (χ1) is 8.72. The Bertz CT molecular complexity index is 403. The molecule has 0 aliphatic carbocycles. The molecule has 1 unspecified atom stereocenters. The van der Waals surface area contributed by atoms with Gasteiger partial charge in [0.1, 0.15) is 0 Å². The largest absolute Gasteiger partial charge is 0.504 e. The average Bonchev–Trinajstić information content (AvgIpc) is 2.39. The fourth-order valence-corrected chi connectivity index (χ4v) is 2.16. The van der Waals surface area contributed by atoms with Crippen LogP contribution < -0.4 is 10.5 Å². The number of hydrogen-bond donors (Lipinski definition) is 2. The minimum Gasteiger partial charge on any atom is -0.504 e. The van der Waals surface area contributed by atoms with Gasteiger partial charge in [0, 0.05) is 26.2 Å². The van der Waals surface area contributed by atoms with E-state index in [1.807, 2.05) is 6.07 Å². The van der Waals surface area contributed by atoms with Crippen LogP contribution in [0.4, 0.5) is 0 Å². The van der Waals surface area contributed by atoms with Crippen LogP contribution in [-0.2, 0) is 11.3 Å². The third kappa shape index (κ3) is 4.24. The van der Waals surface area contributed by atoms with Crippen LogP contribution in [0.1, 0.15) is 5.56 Å². The van der Waals surface area contributed by atoms with Crippen LogP contribution in [0.5, 0.6) is 11.5 Å². The molecule has 108 valence electrons. The molecule has 1 aromatic rings. The number of nitrogens with two attached hydrogens (primary N) is 1. The normalized spacial score (nSPS) is 19.8. The third-order valence-electron chi connectivity index (χ3n) is 3.14. The molecule has 2 rings (SSSR count). The van der Waals surface area contributed by atoms with Crippen LogP contribution in [0.25, 0.3) is 0 Å². The van der Waals surface area contributed by atoms with E-state index in [9.17, 15) is 5.11 Å². The van der Waals surface area contributed by atoms with Gasteiger partial charge in [-0.2, -0.15) is 0 Å². The van der Waals surface area contributed by atoms with Crippen molar-refractivity contribution in [2.75, 3.05) is 33.4 Å². The molecule has 1 heterocycles. The maximum atomic E-state index is 9.73. The van der Waals surface area contributed by atoms with Crippen LogP contribution >= 0.6 is 12.4 Å². The lowest BCUT2D eigenvalue weighted by molar-refractivity contribution is -0.0260. The predicted octanol–water partition coefficient (Wildman–Crippen LogP) is 0.982. The maximum Gasteiger partial charge on any atom is 0.160 e. The minimum absolute atomic E-state index is 0. The number of nitrogens with zero attached hydrogens (tertiary/aromatic N) is 1. The van der Waals surface area contributed by atoms with Crippen LogP contribution in [0, 0.1) is 0 Å². The molecule has 0 aromatic heterocycles. The van der Waals surface area contributed by atoms with E-state index in [2.05, 4.69) is 4.90 Å². The lowest BCUT2D eigenvalue weighted by atomic mass is 10.1. The summed E-state index contributed by atoms with van der Waals surface area (Å²) in [5.41, 5.74) is 6.67. The minimum atomic E-state index is 0. The highest BCUT2D eigenvalue weighted by Gasteiger charge is 2.19. The predicted molar refractivity (Wildman–Crippen MR) is 76.0 cm³/mol. The smallest absolute Gasteiger partial charge is 0.160 e. The summed E-state index contributed by atoms with van der Waals surface area (Å²) < 4.78 is 10.5. The highest BCUT2D eigenvalue weighted by molar-refractivity contribution is 5.85. The van der Waals surface area contributed by atoms with Crippen molar-refractivity contribution in [1.82, 2.24) is 4.90 Å². The zero-order valence-corrected chi connectivity index (χ0v) is 11.9. The van der Waals surface area contributed by atoms with Crippen molar-refractivity contribution in [1.29, 1.82) is 0 Å². The highest BCUT2D eigenvalue weighted by atomic mass is 35.5. The SMILES string of the molecule is COc1ccc(CN2CCOC(CN)C2)cc1O.Cl. The maximum absolute atomic E-state index is 9.73. The van der Waals surface area contributed by atoms with Gasteiger partial charge in [-0.05, 0) is 17.7 Å². The Balaban J connectivity index is 0.00000180. The van der Waals surface area contributed by atoms with E-state index in [0.717, 1.165) is 25.2 Å². The third-order valence-corrected chi connectivity index (χ3v) is 3.14. The molecular formula is C13H21ClN2O3. The van der Waals surface area contributed by atoms with E-state index >= 15 is 0 Å². The number of phenolic OH excluding ortho intramolecular Hbond substituents is 1. The monoisotopic (exact) mass is 288 g/mol. The van der Waals surface area contributed by atoms with E-state index < -0.39 is 0 Å². The summed E-state index contributed by atoms with van der Waals surface area (Å²) >= 11 is 0. The Morgan fingerprint density at radius 3 is 2.95 bits per heavy atom. The number of methoxy groups -OCH3 is 1. The second-order valence-corrected chi connectivity index (χ2v) is 4.47. The van der Waals surface area contributed by atoms with Crippen molar-refractivity contribution in [2.45, 2.75) is 12.6 Å². The highest BCUT2D eigenvalue weighted by Crippen LogP contribution is 2.26. The van der Waals surface area contributed by atoms with Gasteiger partial charge in [0.15, 0.2) is 11.5 Å². The molecule has 0 spiro atoms. The van der Waals surface area contributed by atoms with Crippen LogP contribution in [-0.4, -0.2) is 49.5 Å². The second-order valence-electron chi connectivity index (χ2n) is 4.47. The van der Waals surface area contributed by atoms with Gasteiger partial charge >= 0.3 is 0 Å². The molecule has 5 nitrogen and oxygen atoms in total. The Morgan fingerprint density at radius 1 is 1.53 bits per heavy atom. The Hall–Kier alpha value is -1.01. The molecule has 0 bridgehead atoms. The molecule has 6 heteroatoms. The number of halogens is 1. The Kier molecular flexibility index (Phi) is 6.37. The van der Waals surface area contributed by atoms with Gasteiger partial charge in [0.05, 0.1) is 19.8 Å². The van der Waals surface area contributed by atoms with Gasteiger partial charge in [-0.3, -0.25) is 4.90 Å². The molecular weight excluding hydrogens is 268 g/mol. The molecule has 0 amide bonds. The van der Waals surface area contributed by atoms with Crippen molar-refractivity contribution < 1.29 is 14.6 Å². The lowest BCUT2D eigenvalue weighted by Crippen LogP contribution is -2.45. The number of hydrogen-bond acceptors (Lipinski definition) is 5. The number of benzene rings is 1. The molecule has 1 fully saturated rings. The first-order valence-corrected chi connectivity index (χ1v) is 6.13. The molecule has 0 saturated carbocycles. The Morgan fingerprint density at radius 2 is 2.32 bits per heavy atom. The van der Waals surface area contributed by atoms with Crippen molar-refractivity contribution in [3.63, 3.8) is 0 Å². The van der Waals surface area contributed by atoms with E-state index in [1.54, 1.807) is 19.2 Å². The van der Waals surface area contributed by atoms with Crippen molar-refractivity contribution in [3.05, 3.63) is 23.8 Å². The topological polar surface area (TPSA) is 68.0 Å². The van der Waals surface area contributed by atoms with Crippen LogP contribution in [0.3, 0.4) is 0 Å². The van der Waals surface area contributed by atoms with Crippen molar-refractivity contribution in [3.8, 4) is 11.5 Å². The summed E-state index contributed by atoms with van der Waals surface area (Å²) in [5, 5.41) is 9.73. The van der Waals surface area contributed by atoms with Crippen molar-refractivity contribution >= 4 is 12.4 Å². The molecule has 0 radical (unpaired) electrons. The fraction of sp³-hybridized carbons (Fsp3) is 0.538. The van der Waals surface area contributed by atoms with Crippen molar-refractivity contribution in [2.24, 2.45) is 5.73 Å². The number of aromatic hydroxyl groups is 1. The summed E-state index contributed by atoms with van der Waals surface area (Å²) in [6.07, 6.45) is 0.116. The summed E-state index contributed by atoms with van der Waals surface area (Å²) in [7, 11) is 1.54. The second kappa shape index (κ2) is 7.55. The summed E-state index contributed by atoms with van der Waals surface area (Å²) in [5.74, 6) is 0.680. The van der Waals surface area contributed by atoms with Gasteiger partial charge in [-0.1, -0.05) is 6.07 Å². The average molecular weight is 289 g/mol. The van der Waals surface area contributed by atoms with Crippen LogP contribution in [0.2, 0.25) is 0 Å². The number of phenols is 1. The Labute approximate surface area is 119 Å². The quantitative estimate of drug-likeness (QED) is 0.864. The number of ether oxygens (including phenoxy) is 2. The van der Waals surface area contributed by atoms with E-state index in [0.29, 0.717) is 18.9 Å². The molecule has 1 aliphatic rings. The molecule has 1 saturated heterocycles. The van der Waals surface area contributed by atoms with Crippen LogP contribution in [0.15, 0.2) is 18.2 Å². The van der Waals surface area contributed by atoms with E-state index in [-0.39, 0.29) is 24.3 Å². The van der Waals surface area contributed by atoms with E-state index in [1.165, 1.54) is 0 Å². The zero-order valence-electron chi connectivity index (χ0n) is 11.0.